The first-order chi connectivity index (χ1) is 9.60. The molecule has 0 saturated heterocycles. The molecule has 20 heavy (non-hydrogen) atoms. The third-order valence-electron chi connectivity index (χ3n) is 2.71. The molecule has 2 atom stereocenters. The summed E-state index contributed by atoms with van der Waals surface area (Å²) in [6, 6.07) is 5.50. The van der Waals surface area contributed by atoms with Crippen LogP contribution in [0.2, 0.25) is 0 Å². The number of esters is 1. The van der Waals surface area contributed by atoms with Crippen molar-refractivity contribution in [3.05, 3.63) is 24.2 Å². The minimum atomic E-state index is -0.964. The smallest absolute Gasteiger partial charge is 0.328 e. The Labute approximate surface area is 118 Å². The summed E-state index contributed by atoms with van der Waals surface area (Å²) in [4.78, 5) is 17.6. The van der Waals surface area contributed by atoms with Gasteiger partial charge in [-0.15, -0.1) is 0 Å². The van der Waals surface area contributed by atoms with E-state index in [1.807, 2.05) is 37.2 Å². The maximum atomic E-state index is 11.4. The van der Waals surface area contributed by atoms with E-state index in [0.717, 1.165) is 5.76 Å². The van der Waals surface area contributed by atoms with Crippen molar-refractivity contribution in [1.29, 1.82) is 5.26 Å². The second-order valence-electron chi connectivity index (χ2n) is 4.37. The van der Waals surface area contributed by atoms with Gasteiger partial charge in [0, 0.05) is 6.21 Å². The van der Waals surface area contributed by atoms with E-state index in [9.17, 15) is 4.79 Å². The van der Waals surface area contributed by atoms with Crippen molar-refractivity contribution in [3.8, 4) is 6.07 Å². The van der Waals surface area contributed by atoms with Gasteiger partial charge in [-0.05, 0) is 33.2 Å². The Balaban J connectivity index is 2.65. The monoisotopic (exact) mass is 277 g/mol. The largest absolute Gasteiger partial charge is 0.468 e. The van der Waals surface area contributed by atoms with Crippen molar-refractivity contribution in [1.82, 2.24) is 4.90 Å². The zero-order valence-electron chi connectivity index (χ0n) is 11.9. The van der Waals surface area contributed by atoms with Crippen LogP contribution in [0.3, 0.4) is 0 Å². The number of nitrogens with zero attached hydrogens (tertiary/aromatic N) is 3. The number of furan rings is 1. The van der Waals surface area contributed by atoms with E-state index >= 15 is 0 Å². The number of hydrogen-bond donors (Lipinski definition) is 0. The molecule has 6 heteroatoms. The van der Waals surface area contributed by atoms with E-state index in [1.165, 1.54) is 6.21 Å². The van der Waals surface area contributed by atoms with Gasteiger partial charge in [0.15, 0.2) is 5.92 Å². The summed E-state index contributed by atoms with van der Waals surface area (Å²) in [5, 5.41) is 8.91. The Morgan fingerprint density at radius 2 is 2.40 bits per heavy atom. The fraction of sp³-hybridized carbons (Fsp3) is 0.500. The van der Waals surface area contributed by atoms with Gasteiger partial charge in [0.05, 0.1) is 31.5 Å². The van der Waals surface area contributed by atoms with Gasteiger partial charge in [0.2, 0.25) is 0 Å². The van der Waals surface area contributed by atoms with Gasteiger partial charge < -0.3 is 9.15 Å². The molecule has 0 aromatic carbocycles. The van der Waals surface area contributed by atoms with Crippen molar-refractivity contribution in [2.75, 3.05) is 27.2 Å². The average Bonchev–Trinajstić information content (AvgIpc) is 2.92. The molecule has 1 aromatic rings. The van der Waals surface area contributed by atoms with Crippen LogP contribution in [-0.4, -0.2) is 44.3 Å². The van der Waals surface area contributed by atoms with E-state index in [0.29, 0.717) is 6.54 Å². The van der Waals surface area contributed by atoms with Gasteiger partial charge in [0.1, 0.15) is 5.76 Å². The molecule has 108 valence electrons. The van der Waals surface area contributed by atoms with E-state index in [1.54, 1.807) is 13.2 Å². The van der Waals surface area contributed by atoms with E-state index in [2.05, 4.69) is 4.99 Å². The molecular formula is C14H19N3O3. The van der Waals surface area contributed by atoms with Crippen LogP contribution in [0.15, 0.2) is 27.8 Å². The molecule has 0 unspecified atom stereocenters. The molecule has 0 aliphatic carbocycles. The Morgan fingerprint density at radius 3 is 2.90 bits per heavy atom. The predicted molar refractivity (Wildman–Crippen MR) is 74.2 cm³/mol. The van der Waals surface area contributed by atoms with Gasteiger partial charge >= 0.3 is 5.97 Å². The number of hydrogen-bond acceptors (Lipinski definition) is 6. The molecule has 0 aliphatic rings. The molecule has 1 aromatic heterocycles. The molecule has 0 spiro atoms. The van der Waals surface area contributed by atoms with Crippen LogP contribution in [0.4, 0.5) is 0 Å². The highest BCUT2D eigenvalue weighted by atomic mass is 16.5. The highest BCUT2D eigenvalue weighted by molar-refractivity contribution is 5.92. The lowest BCUT2D eigenvalue weighted by atomic mass is 10.2. The number of aliphatic imine (C=N–C) groups is 1. The summed E-state index contributed by atoms with van der Waals surface area (Å²) in [6.07, 6.45) is 2.93. The lowest BCUT2D eigenvalue weighted by molar-refractivity contribution is -0.143. The number of likely N-dealkylation sites (N-methyl/N-ethyl adjacent to an activating group) is 1. The number of carbonyl (C=O) groups is 1. The number of nitriles is 1. The van der Waals surface area contributed by atoms with Crippen LogP contribution in [0.5, 0.6) is 0 Å². The number of rotatable bonds is 7. The van der Waals surface area contributed by atoms with Gasteiger partial charge in [0.25, 0.3) is 0 Å². The minimum Gasteiger partial charge on any atom is -0.468 e. The summed E-state index contributed by atoms with van der Waals surface area (Å²) in [6.45, 7) is 2.35. The quantitative estimate of drug-likeness (QED) is 0.559. The summed E-state index contributed by atoms with van der Waals surface area (Å²) < 4.78 is 10.1. The molecular weight excluding hydrogens is 258 g/mol. The Kier molecular flexibility index (Phi) is 6.47. The Morgan fingerprint density at radius 1 is 1.65 bits per heavy atom. The van der Waals surface area contributed by atoms with Gasteiger partial charge in [-0.1, -0.05) is 0 Å². The van der Waals surface area contributed by atoms with Crippen molar-refractivity contribution < 1.29 is 13.9 Å². The lowest BCUT2D eigenvalue weighted by Gasteiger charge is -2.20. The molecule has 0 bridgehead atoms. The lowest BCUT2D eigenvalue weighted by Crippen LogP contribution is -2.23. The second-order valence-corrected chi connectivity index (χ2v) is 4.37. The molecule has 6 nitrogen and oxygen atoms in total. The number of ether oxygens (including phenoxy) is 1. The molecule has 0 aliphatic heterocycles. The van der Waals surface area contributed by atoms with E-state index < -0.39 is 11.9 Å². The summed E-state index contributed by atoms with van der Waals surface area (Å²) >= 11 is 0. The topological polar surface area (TPSA) is 78.8 Å². The van der Waals surface area contributed by atoms with E-state index in [4.69, 9.17) is 14.4 Å². The highest BCUT2D eigenvalue weighted by Crippen LogP contribution is 2.18. The molecule has 0 saturated carbocycles. The third kappa shape index (κ3) is 4.52. The standard InChI is InChI=1S/C14H19N3O3/c1-4-19-14(18)11(8-15)9-16-10-12(17(2)3)13-6-5-7-20-13/h5-7,9,11-12H,4,10H2,1-3H3/t11-,12+/m0/s1. The molecule has 0 fully saturated rings. The molecule has 0 N–H and O–H groups in total. The maximum Gasteiger partial charge on any atom is 0.328 e. The molecule has 0 amide bonds. The van der Waals surface area contributed by atoms with Gasteiger partial charge in [-0.3, -0.25) is 14.7 Å². The third-order valence-corrected chi connectivity index (χ3v) is 2.71. The fourth-order valence-corrected chi connectivity index (χ4v) is 1.63. The van der Waals surface area contributed by atoms with Crippen LogP contribution < -0.4 is 0 Å². The number of carbonyl (C=O) groups excluding carboxylic acids is 1. The molecule has 1 heterocycles. The van der Waals surface area contributed by atoms with Crippen molar-refractivity contribution in [2.24, 2.45) is 10.9 Å². The Bertz CT molecular complexity index is 474. The fourth-order valence-electron chi connectivity index (χ4n) is 1.63. The highest BCUT2D eigenvalue weighted by Gasteiger charge is 2.18. The first-order valence-electron chi connectivity index (χ1n) is 6.36. The van der Waals surface area contributed by atoms with Crippen LogP contribution in [0, 0.1) is 17.2 Å². The SMILES string of the molecule is CCOC(=O)[C@@H](C#N)C=NC[C@H](c1ccco1)N(C)C. The van der Waals surface area contributed by atoms with Gasteiger partial charge in [-0.25, -0.2) is 0 Å². The average molecular weight is 277 g/mol. The first kappa shape index (κ1) is 15.9. The van der Waals surface area contributed by atoms with Gasteiger partial charge in [-0.2, -0.15) is 5.26 Å². The first-order valence-corrected chi connectivity index (χ1v) is 6.36. The molecule has 1 rings (SSSR count). The van der Waals surface area contributed by atoms with Crippen LogP contribution in [0.1, 0.15) is 18.7 Å². The Hall–Kier alpha value is -2.13. The summed E-state index contributed by atoms with van der Waals surface area (Å²) in [5.74, 6) is -0.746. The van der Waals surface area contributed by atoms with Crippen LogP contribution in [-0.2, 0) is 9.53 Å². The maximum absolute atomic E-state index is 11.4. The van der Waals surface area contributed by atoms with Crippen LogP contribution >= 0.6 is 0 Å². The minimum absolute atomic E-state index is 0.0391. The normalized spacial score (nSPS) is 14.2. The van der Waals surface area contributed by atoms with Crippen LogP contribution in [0.25, 0.3) is 0 Å². The second kappa shape index (κ2) is 8.12. The zero-order valence-corrected chi connectivity index (χ0v) is 11.9. The van der Waals surface area contributed by atoms with Crippen molar-refractivity contribution in [3.63, 3.8) is 0 Å². The van der Waals surface area contributed by atoms with Crippen molar-refractivity contribution >= 4 is 12.2 Å². The summed E-state index contributed by atoms with van der Waals surface area (Å²) in [7, 11) is 3.83. The predicted octanol–water partition coefficient (Wildman–Crippen LogP) is 1.66. The molecule has 0 radical (unpaired) electrons. The van der Waals surface area contributed by atoms with Crippen molar-refractivity contribution in [2.45, 2.75) is 13.0 Å². The van der Waals surface area contributed by atoms with E-state index in [-0.39, 0.29) is 12.6 Å². The summed E-state index contributed by atoms with van der Waals surface area (Å²) in [5.41, 5.74) is 0. The zero-order chi connectivity index (χ0) is 15.0.